The lowest BCUT2D eigenvalue weighted by Crippen LogP contribution is -2.38. The number of rotatable bonds is 2. The maximum absolute atomic E-state index is 12.0. The second kappa shape index (κ2) is 5.11. The number of hydrogen-bond acceptors (Lipinski definition) is 3. The number of aliphatic imine (C=N–C) groups is 1. The summed E-state index contributed by atoms with van der Waals surface area (Å²) in [6.45, 7) is 3.90. The van der Waals surface area contributed by atoms with E-state index in [0.29, 0.717) is 5.84 Å². The van der Waals surface area contributed by atoms with E-state index in [9.17, 15) is 4.79 Å². The first-order valence-corrected chi connectivity index (χ1v) is 7.49. The van der Waals surface area contributed by atoms with E-state index in [1.165, 1.54) is 0 Å². The zero-order valence-corrected chi connectivity index (χ0v) is 13.3. The van der Waals surface area contributed by atoms with Crippen LogP contribution in [0.4, 0.5) is 4.79 Å². The van der Waals surface area contributed by atoms with Gasteiger partial charge in [-0.15, -0.1) is 0 Å². The van der Waals surface area contributed by atoms with Crippen molar-refractivity contribution >= 4 is 38.7 Å². The summed E-state index contributed by atoms with van der Waals surface area (Å²) in [7, 11) is 0. The molecular formula is C15H15BrN4O. The fourth-order valence-electron chi connectivity index (χ4n) is 2.69. The van der Waals surface area contributed by atoms with E-state index in [4.69, 9.17) is 5.73 Å². The first kappa shape index (κ1) is 14.0. The summed E-state index contributed by atoms with van der Waals surface area (Å²) in [5, 5.41) is 0.992. The standard InChI is InChI=1S/C15H15BrN4O/c1-8(2)20-13(14(17)19-15(20)21)10-5-6-11(16)9-4-3-7-18-12(9)10/h3-8,13H,1-2H3,(H2,17,19,21). The number of amidine groups is 1. The molecule has 1 aromatic heterocycles. The molecule has 6 heteroatoms. The summed E-state index contributed by atoms with van der Waals surface area (Å²) in [5.41, 5.74) is 7.73. The van der Waals surface area contributed by atoms with Gasteiger partial charge in [0, 0.05) is 27.7 Å². The lowest BCUT2D eigenvalue weighted by atomic mass is 10.0. The van der Waals surface area contributed by atoms with Gasteiger partial charge in [-0.3, -0.25) is 4.98 Å². The molecular weight excluding hydrogens is 332 g/mol. The van der Waals surface area contributed by atoms with Crippen LogP contribution >= 0.6 is 15.9 Å². The number of benzene rings is 1. The lowest BCUT2D eigenvalue weighted by molar-refractivity contribution is 0.190. The molecule has 1 atom stereocenters. The van der Waals surface area contributed by atoms with Crippen molar-refractivity contribution in [3.63, 3.8) is 0 Å². The fourth-order valence-corrected chi connectivity index (χ4v) is 3.14. The fraction of sp³-hybridized carbons (Fsp3) is 0.267. The number of carbonyl (C=O) groups excluding carboxylic acids is 1. The van der Waals surface area contributed by atoms with Gasteiger partial charge in [-0.25, -0.2) is 4.79 Å². The Bertz CT molecular complexity index is 756. The average Bonchev–Trinajstić information content (AvgIpc) is 2.74. The minimum Gasteiger partial charge on any atom is -0.385 e. The highest BCUT2D eigenvalue weighted by molar-refractivity contribution is 9.10. The number of fused-ring (bicyclic) bond motifs is 1. The van der Waals surface area contributed by atoms with E-state index < -0.39 is 0 Å². The molecule has 2 heterocycles. The summed E-state index contributed by atoms with van der Waals surface area (Å²) in [6.07, 6.45) is 1.74. The number of nitrogens with two attached hydrogens (primary N) is 1. The van der Waals surface area contributed by atoms with Crippen molar-refractivity contribution in [1.29, 1.82) is 0 Å². The van der Waals surface area contributed by atoms with Gasteiger partial charge in [0.1, 0.15) is 11.9 Å². The molecule has 2 amide bonds. The summed E-state index contributed by atoms with van der Waals surface area (Å²) in [6, 6.07) is 7.12. The predicted octanol–water partition coefficient (Wildman–Crippen LogP) is 3.24. The summed E-state index contributed by atoms with van der Waals surface area (Å²) in [5.74, 6) is 0.322. The second-order valence-electron chi connectivity index (χ2n) is 5.26. The van der Waals surface area contributed by atoms with Crippen molar-refractivity contribution in [2.45, 2.75) is 25.9 Å². The molecule has 0 bridgehead atoms. The number of hydrogen-bond donors (Lipinski definition) is 1. The highest BCUT2D eigenvalue weighted by Crippen LogP contribution is 2.35. The van der Waals surface area contributed by atoms with Crippen molar-refractivity contribution in [3.8, 4) is 0 Å². The monoisotopic (exact) mass is 346 g/mol. The molecule has 1 aliphatic heterocycles. The van der Waals surface area contributed by atoms with Gasteiger partial charge in [0.15, 0.2) is 0 Å². The zero-order valence-electron chi connectivity index (χ0n) is 11.7. The molecule has 2 N–H and O–H groups in total. The van der Waals surface area contributed by atoms with Crippen LogP contribution < -0.4 is 5.73 Å². The van der Waals surface area contributed by atoms with Crippen LogP contribution in [0, 0.1) is 0 Å². The Morgan fingerprint density at radius 2 is 2.10 bits per heavy atom. The third kappa shape index (κ3) is 2.19. The Hall–Kier alpha value is -1.95. The molecule has 0 radical (unpaired) electrons. The molecule has 0 saturated heterocycles. The van der Waals surface area contributed by atoms with Gasteiger partial charge >= 0.3 is 6.03 Å². The Kier molecular flexibility index (Phi) is 3.41. The Balaban J connectivity index is 2.22. The number of halogens is 1. The minimum absolute atomic E-state index is 0.00899. The molecule has 108 valence electrons. The van der Waals surface area contributed by atoms with Gasteiger partial charge in [-0.1, -0.05) is 28.1 Å². The van der Waals surface area contributed by atoms with Crippen LogP contribution in [0.5, 0.6) is 0 Å². The summed E-state index contributed by atoms with van der Waals surface area (Å²) < 4.78 is 0.963. The normalized spacial score (nSPS) is 18.7. The van der Waals surface area contributed by atoms with E-state index in [1.807, 2.05) is 38.1 Å². The average molecular weight is 347 g/mol. The number of nitrogens with zero attached hydrogens (tertiary/aromatic N) is 3. The highest BCUT2D eigenvalue weighted by atomic mass is 79.9. The Morgan fingerprint density at radius 3 is 2.81 bits per heavy atom. The third-order valence-electron chi connectivity index (χ3n) is 3.60. The molecule has 0 spiro atoms. The van der Waals surface area contributed by atoms with Crippen LogP contribution in [-0.4, -0.2) is 27.8 Å². The number of aromatic nitrogens is 1. The third-order valence-corrected chi connectivity index (χ3v) is 4.29. The topological polar surface area (TPSA) is 71.6 Å². The highest BCUT2D eigenvalue weighted by Gasteiger charge is 2.37. The minimum atomic E-state index is -0.358. The first-order chi connectivity index (χ1) is 10.0. The van der Waals surface area contributed by atoms with Crippen LogP contribution in [0.2, 0.25) is 0 Å². The Labute approximate surface area is 131 Å². The van der Waals surface area contributed by atoms with E-state index in [1.54, 1.807) is 11.1 Å². The van der Waals surface area contributed by atoms with Gasteiger partial charge in [0.25, 0.3) is 0 Å². The van der Waals surface area contributed by atoms with Crippen molar-refractivity contribution in [1.82, 2.24) is 9.88 Å². The molecule has 1 aromatic carbocycles. The van der Waals surface area contributed by atoms with Gasteiger partial charge in [0.05, 0.1) is 5.52 Å². The molecule has 21 heavy (non-hydrogen) atoms. The SMILES string of the molecule is CC(C)N1C(=O)N=C(N)C1c1ccc(Br)c2cccnc12. The Morgan fingerprint density at radius 1 is 1.33 bits per heavy atom. The quantitative estimate of drug-likeness (QED) is 0.907. The number of carbonyl (C=O) groups is 1. The van der Waals surface area contributed by atoms with E-state index in [0.717, 1.165) is 20.9 Å². The number of amides is 2. The van der Waals surface area contributed by atoms with Crippen LogP contribution in [0.1, 0.15) is 25.5 Å². The van der Waals surface area contributed by atoms with Crippen LogP contribution in [0.3, 0.4) is 0 Å². The van der Waals surface area contributed by atoms with Crippen molar-refractivity contribution in [2.24, 2.45) is 10.7 Å². The molecule has 0 saturated carbocycles. The number of pyridine rings is 1. The van der Waals surface area contributed by atoms with Crippen molar-refractivity contribution in [2.75, 3.05) is 0 Å². The maximum atomic E-state index is 12.0. The van der Waals surface area contributed by atoms with Gasteiger partial charge in [-0.2, -0.15) is 4.99 Å². The molecule has 5 nitrogen and oxygen atoms in total. The zero-order chi connectivity index (χ0) is 15.1. The van der Waals surface area contributed by atoms with Crippen LogP contribution in [0.25, 0.3) is 10.9 Å². The van der Waals surface area contributed by atoms with Crippen molar-refractivity contribution in [3.05, 3.63) is 40.5 Å². The first-order valence-electron chi connectivity index (χ1n) is 6.70. The maximum Gasteiger partial charge on any atom is 0.346 e. The molecule has 1 aliphatic rings. The summed E-state index contributed by atoms with van der Waals surface area (Å²) in [4.78, 5) is 22.1. The molecule has 0 aliphatic carbocycles. The summed E-state index contributed by atoms with van der Waals surface area (Å²) >= 11 is 3.53. The van der Waals surface area contributed by atoms with Gasteiger partial charge < -0.3 is 10.6 Å². The van der Waals surface area contributed by atoms with Gasteiger partial charge in [-0.05, 0) is 26.0 Å². The van der Waals surface area contributed by atoms with Gasteiger partial charge in [0.2, 0.25) is 0 Å². The largest absolute Gasteiger partial charge is 0.385 e. The molecule has 2 aromatic rings. The second-order valence-corrected chi connectivity index (χ2v) is 6.11. The predicted molar refractivity (Wildman–Crippen MR) is 86.2 cm³/mol. The van der Waals surface area contributed by atoms with Crippen LogP contribution in [-0.2, 0) is 0 Å². The van der Waals surface area contributed by atoms with Crippen molar-refractivity contribution < 1.29 is 4.79 Å². The molecule has 3 rings (SSSR count). The smallest absolute Gasteiger partial charge is 0.346 e. The van der Waals surface area contributed by atoms with E-state index in [2.05, 4.69) is 25.9 Å². The lowest BCUT2D eigenvalue weighted by Gasteiger charge is -2.28. The van der Waals surface area contributed by atoms with E-state index in [-0.39, 0.29) is 18.1 Å². The number of urea groups is 1. The molecule has 0 fully saturated rings. The van der Waals surface area contributed by atoms with E-state index >= 15 is 0 Å². The van der Waals surface area contributed by atoms with Crippen LogP contribution in [0.15, 0.2) is 39.9 Å². The molecule has 1 unspecified atom stereocenters.